The molecule has 3 heteroatoms. The molecule has 118 valence electrons. The molecule has 0 unspecified atom stereocenters. The summed E-state index contributed by atoms with van der Waals surface area (Å²) in [4.78, 5) is 14.8. The Kier molecular flexibility index (Phi) is 9.35. The third kappa shape index (κ3) is 9.70. The number of hydrogen-bond acceptors (Lipinski definition) is 3. The van der Waals surface area contributed by atoms with Gasteiger partial charge in [-0.3, -0.25) is 9.78 Å². The first-order valence-corrected chi connectivity index (χ1v) is 7.74. The number of esters is 1. The fourth-order valence-electron chi connectivity index (χ4n) is 1.90. The molecule has 0 N–H and O–H groups in total. The second-order valence-electron chi connectivity index (χ2n) is 5.13. The summed E-state index contributed by atoms with van der Waals surface area (Å²) >= 11 is 0. The molecule has 0 bridgehead atoms. The predicted molar refractivity (Wildman–Crippen MR) is 91.2 cm³/mol. The van der Waals surface area contributed by atoms with Gasteiger partial charge in [-0.05, 0) is 37.8 Å². The second-order valence-corrected chi connectivity index (χ2v) is 5.13. The molecule has 1 aromatic heterocycles. The Hall–Kier alpha value is -2.16. The molecule has 0 radical (unpaired) electrons. The Morgan fingerprint density at radius 1 is 1.27 bits per heavy atom. The van der Waals surface area contributed by atoms with Crippen molar-refractivity contribution in [2.45, 2.75) is 45.6 Å². The maximum Gasteiger partial charge on any atom is 0.302 e. The quantitative estimate of drug-likeness (QED) is 0.376. The molecule has 0 saturated carbocycles. The van der Waals surface area contributed by atoms with Gasteiger partial charge < -0.3 is 4.74 Å². The lowest BCUT2D eigenvalue weighted by Gasteiger charge is -2.07. The van der Waals surface area contributed by atoms with Gasteiger partial charge in [0, 0.05) is 25.7 Å². The smallest absolute Gasteiger partial charge is 0.302 e. The van der Waals surface area contributed by atoms with Crippen molar-refractivity contribution in [3.8, 4) is 0 Å². The van der Waals surface area contributed by atoms with Gasteiger partial charge in [0.15, 0.2) is 0 Å². The van der Waals surface area contributed by atoms with Crippen LogP contribution in [-0.2, 0) is 9.53 Å². The SMILES string of the molecule is CC(=O)O[C@@H](C)C/C=C/C=C/CCC/C=C/c1cccnc1. The summed E-state index contributed by atoms with van der Waals surface area (Å²) in [5, 5.41) is 0. The highest BCUT2D eigenvalue weighted by Crippen LogP contribution is 2.04. The predicted octanol–water partition coefficient (Wildman–Crippen LogP) is 4.72. The van der Waals surface area contributed by atoms with Gasteiger partial charge in [-0.25, -0.2) is 0 Å². The van der Waals surface area contributed by atoms with E-state index in [1.165, 1.54) is 6.92 Å². The molecule has 0 aromatic carbocycles. The largest absolute Gasteiger partial charge is 0.463 e. The minimum absolute atomic E-state index is 0.0558. The van der Waals surface area contributed by atoms with Crippen molar-refractivity contribution >= 4 is 12.0 Å². The Labute approximate surface area is 133 Å². The van der Waals surface area contributed by atoms with Crippen molar-refractivity contribution in [2.75, 3.05) is 0 Å². The monoisotopic (exact) mass is 299 g/mol. The maximum absolute atomic E-state index is 10.7. The number of nitrogens with zero attached hydrogens (tertiary/aromatic N) is 1. The summed E-state index contributed by atoms with van der Waals surface area (Å²) in [7, 11) is 0. The van der Waals surface area contributed by atoms with Gasteiger partial charge in [-0.1, -0.05) is 42.5 Å². The zero-order chi connectivity index (χ0) is 16.0. The van der Waals surface area contributed by atoms with Crippen molar-refractivity contribution in [3.63, 3.8) is 0 Å². The van der Waals surface area contributed by atoms with E-state index in [-0.39, 0.29) is 12.1 Å². The molecule has 1 aromatic rings. The average Bonchev–Trinajstić information content (AvgIpc) is 2.49. The molecule has 1 heterocycles. The molecule has 1 atom stereocenters. The van der Waals surface area contributed by atoms with Crippen molar-refractivity contribution < 1.29 is 9.53 Å². The molecule has 0 aliphatic carbocycles. The van der Waals surface area contributed by atoms with E-state index in [1.54, 1.807) is 6.20 Å². The highest BCUT2D eigenvalue weighted by Gasteiger charge is 2.01. The lowest BCUT2D eigenvalue weighted by molar-refractivity contribution is -0.145. The zero-order valence-corrected chi connectivity index (χ0v) is 13.4. The van der Waals surface area contributed by atoms with Gasteiger partial charge in [0.05, 0.1) is 0 Å². The zero-order valence-electron chi connectivity index (χ0n) is 13.4. The van der Waals surface area contributed by atoms with Crippen LogP contribution in [0.3, 0.4) is 0 Å². The Morgan fingerprint density at radius 2 is 2.05 bits per heavy atom. The molecule has 0 spiro atoms. The van der Waals surface area contributed by atoms with Crippen LogP contribution in [0.25, 0.3) is 6.08 Å². The second kappa shape index (κ2) is 11.5. The Morgan fingerprint density at radius 3 is 2.77 bits per heavy atom. The molecule has 22 heavy (non-hydrogen) atoms. The van der Waals surface area contributed by atoms with Crippen LogP contribution in [0.4, 0.5) is 0 Å². The van der Waals surface area contributed by atoms with Crippen LogP contribution >= 0.6 is 0 Å². The van der Waals surface area contributed by atoms with Crippen molar-refractivity contribution in [2.24, 2.45) is 0 Å². The Balaban J connectivity index is 2.07. The van der Waals surface area contributed by atoms with Crippen molar-refractivity contribution in [1.82, 2.24) is 4.98 Å². The highest BCUT2D eigenvalue weighted by atomic mass is 16.5. The Bertz CT molecular complexity index is 503. The summed E-state index contributed by atoms with van der Waals surface area (Å²) in [6, 6.07) is 3.99. The van der Waals surface area contributed by atoms with Crippen LogP contribution in [0, 0.1) is 0 Å². The molecule has 3 nitrogen and oxygen atoms in total. The summed E-state index contributed by atoms with van der Waals surface area (Å²) in [5.41, 5.74) is 1.14. The number of carbonyl (C=O) groups is 1. The minimum atomic E-state index is -0.226. The topological polar surface area (TPSA) is 39.2 Å². The first-order chi connectivity index (χ1) is 10.7. The molecule has 1 rings (SSSR count). The highest BCUT2D eigenvalue weighted by molar-refractivity contribution is 5.66. The fraction of sp³-hybridized carbons (Fsp3) is 0.368. The molecule has 0 amide bonds. The van der Waals surface area contributed by atoms with Crippen molar-refractivity contribution in [1.29, 1.82) is 0 Å². The number of hydrogen-bond donors (Lipinski definition) is 0. The van der Waals surface area contributed by atoms with Gasteiger partial charge >= 0.3 is 5.97 Å². The number of carbonyl (C=O) groups excluding carboxylic acids is 1. The molecular weight excluding hydrogens is 274 g/mol. The van der Waals surface area contributed by atoms with Crippen LogP contribution in [0.1, 0.15) is 45.1 Å². The average molecular weight is 299 g/mol. The van der Waals surface area contributed by atoms with E-state index in [4.69, 9.17) is 4.74 Å². The number of pyridine rings is 1. The molecular formula is C19H25NO2. The van der Waals surface area contributed by atoms with Crippen LogP contribution in [0.15, 0.2) is 54.9 Å². The van der Waals surface area contributed by atoms with Crippen LogP contribution in [-0.4, -0.2) is 17.1 Å². The molecule has 0 aliphatic rings. The van der Waals surface area contributed by atoms with E-state index < -0.39 is 0 Å². The van der Waals surface area contributed by atoms with Gasteiger partial charge in [-0.2, -0.15) is 0 Å². The molecule has 0 saturated heterocycles. The third-order valence-corrected chi connectivity index (χ3v) is 2.95. The van der Waals surface area contributed by atoms with Crippen LogP contribution < -0.4 is 0 Å². The lowest BCUT2D eigenvalue weighted by atomic mass is 10.2. The van der Waals surface area contributed by atoms with Gasteiger partial charge in [0.1, 0.15) is 6.10 Å². The van der Waals surface area contributed by atoms with E-state index in [2.05, 4.69) is 23.2 Å². The van der Waals surface area contributed by atoms with Gasteiger partial charge in [0.2, 0.25) is 0 Å². The fourth-order valence-corrected chi connectivity index (χ4v) is 1.90. The molecule has 0 fully saturated rings. The van der Waals surface area contributed by atoms with Gasteiger partial charge in [0.25, 0.3) is 0 Å². The number of unbranched alkanes of at least 4 members (excludes halogenated alkanes) is 2. The number of aromatic nitrogens is 1. The standard InChI is InChI=1S/C19H25NO2/c1-17(22-18(2)21)12-9-7-5-3-4-6-8-10-13-19-14-11-15-20-16-19/h3,5,7,9-11,13-17H,4,6,8,12H2,1-2H3/b5-3+,9-7+,13-10+/t17-/m0/s1. The third-order valence-electron chi connectivity index (χ3n) is 2.95. The summed E-state index contributed by atoms with van der Waals surface area (Å²) in [6.07, 6.45) is 20.1. The van der Waals surface area contributed by atoms with E-state index in [0.717, 1.165) is 31.2 Å². The van der Waals surface area contributed by atoms with Crippen LogP contribution in [0.5, 0.6) is 0 Å². The first kappa shape index (κ1) is 17.9. The van der Waals surface area contributed by atoms with E-state index >= 15 is 0 Å². The van der Waals surface area contributed by atoms with Crippen molar-refractivity contribution in [3.05, 3.63) is 60.5 Å². The van der Waals surface area contributed by atoms with E-state index in [0.29, 0.717) is 0 Å². The summed E-state index contributed by atoms with van der Waals surface area (Å²) in [6.45, 7) is 3.33. The maximum atomic E-state index is 10.7. The molecule has 0 aliphatic heterocycles. The minimum Gasteiger partial charge on any atom is -0.463 e. The number of rotatable bonds is 9. The first-order valence-electron chi connectivity index (χ1n) is 7.74. The summed E-state index contributed by atoms with van der Waals surface area (Å²) in [5.74, 6) is -0.226. The van der Waals surface area contributed by atoms with Crippen LogP contribution in [0.2, 0.25) is 0 Å². The summed E-state index contributed by atoms with van der Waals surface area (Å²) < 4.78 is 5.03. The normalized spacial score (nSPS) is 13.2. The number of allylic oxidation sites excluding steroid dienone is 4. The van der Waals surface area contributed by atoms with E-state index in [9.17, 15) is 4.79 Å². The lowest BCUT2D eigenvalue weighted by Crippen LogP contribution is -2.10. The van der Waals surface area contributed by atoms with Gasteiger partial charge in [-0.15, -0.1) is 0 Å². The number of ether oxygens (including phenoxy) is 1. The van der Waals surface area contributed by atoms with E-state index in [1.807, 2.05) is 43.5 Å².